The van der Waals surface area contributed by atoms with Crippen molar-refractivity contribution in [3.8, 4) is 11.1 Å². The van der Waals surface area contributed by atoms with Crippen LogP contribution in [-0.4, -0.2) is 5.43 Å². The summed E-state index contributed by atoms with van der Waals surface area (Å²) in [5, 5.41) is 0. The standard InChI is InChI=1S/C16H13.C9H13.C2H6Si.2ClH.Zr/c1-12-10-14-8-5-9-15(16(14)11-12)13-6-3-2-4-7-13;1-3-8-6-5-7-9(8)4-2;1-3-2;;;/h2-11H,1H3;6H,3-4,7H2,1-2H3;1-2H3;2*1H;/q;;;;;+2/p-2. The molecule has 2 aromatic carbocycles. The van der Waals surface area contributed by atoms with Crippen LogP contribution in [0.1, 0.15) is 54.8 Å². The average molecular weight is 547 g/mol. The van der Waals surface area contributed by atoms with E-state index in [1.54, 1.807) is 22.3 Å². The van der Waals surface area contributed by atoms with Crippen LogP contribution in [0, 0.1) is 0 Å². The van der Waals surface area contributed by atoms with Crippen molar-refractivity contribution in [1.29, 1.82) is 0 Å². The number of hydrogen-bond donors (Lipinski definition) is 0. The molecule has 0 spiro atoms. The fraction of sp³-hybridized carbons (Fsp3) is 0.333. The van der Waals surface area contributed by atoms with Crippen LogP contribution in [0.25, 0.3) is 17.2 Å². The molecule has 0 aromatic heterocycles. The molecule has 0 nitrogen and oxygen atoms in total. The van der Waals surface area contributed by atoms with Crippen LogP contribution in [0.5, 0.6) is 0 Å². The van der Waals surface area contributed by atoms with Crippen LogP contribution in [0.3, 0.4) is 0 Å². The summed E-state index contributed by atoms with van der Waals surface area (Å²) in [4.78, 5) is 0. The molecule has 2 aromatic rings. The van der Waals surface area contributed by atoms with Gasteiger partial charge in [-0.15, -0.1) is 0 Å². The summed E-state index contributed by atoms with van der Waals surface area (Å²) in [6.07, 6.45) is 8.91. The van der Waals surface area contributed by atoms with Crippen molar-refractivity contribution in [2.45, 2.75) is 56.8 Å². The predicted molar refractivity (Wildman–Crippen MR) is 126 cm³/mol. The Morgan fingerprint density at radius 2 is 1.61 bits per heavy atom. The normalized spacial score (nSPS) is 16.5. The van der Waals surface area contributed by atoms with E-state index in [0.29, 0.717) is 0 Å². The summed E-state index contributed by atoms with van der Waals surface area (Å²) in [5.41, 5.74) is 10.6. The predicted octanol–water partition coefficient (Wildman–Crippen LogP) is 2.09. The first-order chi connectivity index (χ1) is 14.0. The smallest absolute Gasteiger partial charge is 1.00 e. The van der Waals surface area contributed by atoms with E-state index >= 15 is 0 Å². The van der Waals surface area contributed by atoms with Crippen molar-refractivity contribution in [1.82, 2.24) is 0 Å². The number of hydrogen-bond acceptors (Lipinski definition) is 0. The summed E-state index contributed by atoms with van der Waals surface area (Å²) in [6, 6.07) is 18.0. The van der Waals surface area contributed by atoms with E-state index in [2.05, 4.69) is 94.5 Å². The van der Waals surface area contributed by atoms with Gasteiger partial charge in [0.05, 0.1) is 0 Å². The monoisotopic (exact) mass is 544 g/mol. The number of benzene rings is 2. The second-order valence-corrected chi connectivity index (χ2v) is 26.2. The third-order valence-electron chi connectivity index (χ3n) is 6.55. The summed E-state index contributed by atoms with van der Waals surface area (Å²) in [6.45, 7) is 12.3. The van der Waals surface area contributed by atoms with E-state index in [-0.39, 0.29) is 30.2 Å². The van der Waals surface area contributed by atoms with Gasteiger partial charge in [0.25, 0.3) is 0 Å². The number of halogens is 2. The van der Waals surface area contributed by atoms with Gasteiger partial charge in [0.2, 0.25) is 0 Å². The summed E-state index contributed by atoms with van der Waals surface area (Å²) < 4.78 is 2.64. The Balaban J connectivity index is 0.00000171. The van der Waals surface area contributed by atoms with Crippen molar-refractivity contribution in [3.05, 3.63) is 85.7 Å². The molecule has 2 aliphatic carbocycles. The molecule has 1 unspecified atom stereocenters. The van der Waals surface area contributed by atoms with Gasteiger partial charge in [-0.2, -0.15) is 0 Å². The van der Waals surface area contributed by atoms with Crippen molar-refractivity contribution in [2.24, 2.45) is 0 Å². The molecule has 162 valence electrons. The van der Waals surface area contributed by atoms with Crippen LogP contribution >= 0.6 is 0 Å². The Hall–Kier alpha value is -0.660. The van der Waals surface area contributed by atoms with Gasteiger partial charge in [-0.05, 0) is 0 Å². The molecule has 0 fully saturated rings. The third-order valence-corrected chi connectivity index (χ3v) is 25.0. The zero-order valence-electron chi connectivity index (χ0n) is 19.2. The fourth-order valence-electron chi connectivity index (χ4n) is 5.18. The zero-order chi connectivity index (χ0) is 20.5. The number of allylic oxidation sites excluding steroid dienone is 5. The molecule has 0 radical (unpaired) electrons. The molecule has 0 N–H and O–H groups in total. The molecular formula is C27H32Cl2SiZr. The SMILES string of the molecule is CCC1=C(CC)C[C]([Zr+2]([CH]2C(C)=Cc3c(-c4ccccc4)cccc32)=[Si](C)C)=C1.[Cl-].[Cl-]. The maximum Gasteiger partial charge on any atom is -1.00 e. The molecule has 2 aliphatic rings. The minimum Gasteiger partial charge on any atom is -1.00 e. The van der Waals surface area contributed by atoms with Crippen molar-refractivity contribution in [3.63, 3.8) is 0 Å². The van der Waals surface area contributed by atoms with Crippen molar-refractivity contribution >= 4 is 11.5 Å². The minimum absolute atomic E-state index is 0. The van der Waals surface area contributed by atoms with Crippen LogP contribution in [-0.2, 0) is 20.4 Å². The maximum atomic E-state index is 2.66. The Bertz CT molecular complexity index is 1070. The van der Waals surface area contributed by atoms with E-state index in [0.717, 1.165) is 3.63 Å². The molecule has 4 heteroatoms. The summed E-state index contributed by atoms with van der Waals surface area (Å²) in [5.74, 6) is 0. The molecule has 0 bridgehead atoms. The molecule has 4 rings (SSSR count). The third kappa shape index (κ3) is 5.14. The Morgan fingerprint density at radius 3 is 2.19 bits per heavy atom. The topological polar surface area (TPSA) is 0 Å². The molecular weight excluding hydrogens is 515 g/mol. The molecule has 1 atom stereocenters. The van der Waals surface area contributed by atoms with Crippen LogP contribution in [0.2, 0.25) is 13.1 Å². The van der Waals surface area contributed by atoms with Crippen LogP contribution in [0.15, 0.2) is 74.6 Å². The van der Waals surface area contributed by atoms with Gasteiger partial charge in [-0.25, -0.2) is 0 Å². The first-order valence-corrected chi connectivity index (χ1v) is 19.8. The Morgan fingerprint density at radius 1 is 0.903 bits per heavy atom. The molecule has 31 heavy (non-hydrogen) atoms. The molecule has 0 heterocycles. The second kappa shape index (κ2) is 11.5. The minimum atomic E-state index is -1.80. The largest absolute Gasteiger partial charge is 1.00 e. The van der Waals surface area contributed by atoms with E-state index in [9.17, 15) is 0 Å². The van der Waals surface area contributed by atoms with Gasteiger partial charge < -0.3 is 24.8 Å². The van der Waals surface area contributed by atoms with Gasteiger partial charge in [0, 0.05) is 0 Å². The van der Waals surface area contributed by atoms with Crippen molar-refractivity contribution < 1.29 is 45.2 Å². The summed E-state index contributed by atoms with van der Waals surface area (Å²) >= 11 is -1.80. The molecule has 0 saturated heterocycles. The first kappa shape index (κ1) is 26.6. The van der Waals surface area contributed by atoms with Gasteiger partial charge >= 0.3 is 185 Å². The fourth-order valence-corrected chi connectivity index (χ4v) is 24.0. The van der Waals surface area contributed by atoms with E-state index < -0.39 is 20.4 Å². The number of rotatable bonds is 5. The Kier molecular flexibility index (Phi) is 9.83. The molecule has 0 amide bonds. The second-order valence-electron chi connectivity index (χ2n) is 8.59. The van der Waals surface area contributed by atoms with Gasteiger partial charge in [-0.1, -0.05) is 0 Å². The molecule has 0 aliphatic heterocycles. The summed E-state index contributed by atoms with van der Waals surface area (Å²) in [7, 11) is 0. The Labute approximate surface area is 209 Å². The first-order valence-electron chi connectivity index (χ1n) is 11.0. The van der Waals surface area contributed by atoms with Crippen molar-refractivity contribution in [2.75, 3.05) is 0 Å². The molecule has 0 saturated carbocycles. The van der Waals surface area contributed by atoms with Crippen LogP contribution < -0.4 is 24.8 Å². The van der Waals surface area contributed by atoms with Gasteiger partial charge in [0.1, 0.15) is 0 Å². The van der Waals surface area contributed by atoms with E-state index in [1.807, 2.05) is 3.28 Å². The van der Waals surface area contributed by atoms with Crippen LogP contribution in [0.4, 0.5) is 0 Å². The zero-order valence-corrected chi connectivity index (χ0v) is 24.2. The average Bonchev–Trinajstić information content (AvgIpc) is 3.29. The number of fused-ring (bicyclic) bond motifs is 1. The quantitative estimate of drug-likeness (QED) is 0.504. The van der Waals surface area contributed by atoms with Gasteiger partial charge in [-0.3, -0.25) is 0 Å². The van der Waals surface area contributed by atoms with E-state index in [1.165, 1.54) is 36.0 Å². The van der Waals surface area contributed by atoms with E-state index in [4.69, 9.17) is 0 Å². The maximum absolute atomic E-state index is 2.66. The van der Waals surface area contributed by atoms with Gasteiger partial charge in [0.15, 0.2) is 0 Å².